The zero-order valence-corrected chi connectivity index (χ0v) is 19.9. The summed E-state index contributed by atoms with van der Waals surface area (Å²) in [7, 11) is 0. The van der Waals surface area contributed by atoms with Crippen LogP contribution in [0.1, 0.15) is 11.1 Å². The molecular formula is C33H20N4. The van der Waals surface area contributed by atoms with Gasteiger partial charge in [0.1, 0.15) is 11.3 Å². The van der Waals surface area contributed by atoms with E-state index in [2.05, 4.69) is 93.9 Å². The van der Waals surface area contributed by atoms with E-state index in [0.717, 1.165) is 23.1 Å². The quantitative estimate of drug-likeness (QED) is 0.229. The number of aromatic nitrogens is 4. The van der Waals surface area contributed by atoms with E-state index in [4.69, 9.17) is 9.97 Å². The molecule has 4 nitrogen and oxygen atoms in total. The molecule has 9 rings (SSSR count). The molecule has 1 aliphatic carbocycles. The van der Waals surface area contributed by atoms with Crippen LogP contribution in [0.15, 0.2) is 110 Å². The van der Waals surface area contributed by atoms with E-state index >= 15 is 0 Å². The van der Waals surface area contributed by atoms with Crippen LogP contribution in [0, 0.1) is 0 Å². The second-order valence-corrected chi connectivity index (χ2v) is 9.94. The highest BCUT2D eigenvalue weighted by atomic mass is 15.0. The van der Waals surface area contributed by atoms with Crippen LogP contribution >= 0.6 is 0 Å². The van der Waals surface area contributed by atoms with Crippen molar-refractivity contribution in [3.8, 4) is 16.8 Å². The fourth-order valence-electron chi connectivity index (χ4n) is 6.44. The monoisotopic (exact) mass is 472 g/mol. The predicted octanol–water partition coefficient (Wildman–Crippen LogP) is 7.70. The molecule has 0 aliphatic heterocycles. The minimum absolute atomic E-state index is 0.930. The van der Waals surface area contributed by atoms with Crippen LogP contribution in [-0.2, 0) is 6.42 Å². The molecule has 4 aromatic carbocycles. The van der Waals surface area contributed by atoms with Crippen LogP contribution in [0.25, 0.3) is 66.1 Å². The Morgan fingerprint density at radius 2 is 1.27 bits per heavy atom. The lowest BCUT2D eigenvalue weighted by Gasteiger charge is -2.11. The van der Waals surface area contributed by atoms with Crippen LogP contribution < -0.4 is 0 Å². The summed E-state index contributed by atoms with van der Waals surface area (Å²) in [5.74, 6) is 0. The molecule has 8 aromatic rings. The molecular weight excluding hydrogens is 452 g/mol. The summed E-state index contributed by atoms with van der Waals surface area (Å²) in [5.41, 5.74) is 11.0. The van der Waals surface area contributed by atoms with Gasteiger partial charge in [0.15, 0.2) is 0 Å². The van der Waals surface area contributed by atoms with Crippen molar-refractivity contribution in [1.82, 2.24) is 18.9 Å². The van der Waals surface area contributed by atoms with Gasteiger partial charge in [-0.05, 0) is 88.7 Å². The van der Waals surface area contributed by atoms with Crippen molar-refractivity contribution in [1.29, 1.82) is 0 Å². The molecule has 4 heterocycles. The van der Waals surface area contributed by atoms with Crippen molar-refractivity contribution in [3.63, 3.8) is 0 Å². The van der Waals surface area contributed by atoms with Gasteiger partial charge < -0.3 is 4.57 Å². The van der Waals surface area contributed by atoms with Gasteiger partial charge in [-0.2, -0.15) is 0 Å². The second-order valence-electron chi connectivity index (χ2n) is 9.94. The number of benzene rings is 4. The van der Waals surface area contributed by atoms with Gasteiger partial charge in [0, 0.05) is 45.8 Å². The van der Waals surface area contributed by atoms with Gasteiger partial charge in [-0.3, -0.25) is 4.40 Å². The first-order valence-corrected chi connectivity index (χ1v) is 12.6. The van der Waals surface area contributed by atoms with Crippen LogP contribution in [-0.4, -0.2) is 18.9 Å². The molecule has 4 heteroatoms. The third kappa shape index (κ3) is 2.47. The van der Waals surface area contributed by atoms with Crippen molar-refractivity contribution in [2.45, 2.75) is 6.42 Å². The van der Waals surface area contributed by atoms with Crippen molar-refractivity contribution in [3.05, 3.63) is 121 Å². The van der Waals surface area contributed by atoms with E-state index in [1.54, 1.807) is 0 Å². The molecule has 0 radical (unpaired) electrons. The third-order valence-electron chi connectivity index (χ3n) is 8.01. The fourth-order valence-corrected chi connectivity index (χ4v) is 6.44. The molecule has 0 spiro atoms. The van der Waals surface area contributed by atoms with Crippen molar-refractivity contribution < 1.29 is 0 Å². The largest absolute Gasteiger partial charge is 0.309 e. The Hall–Kier alpha value is -4.96. The molecule has 0 atom stereocenters. The summed E-state index contributed by atoms with van der Waals surface area (Å²) in [4.78, 5) is 9.41. The highest BCUT2D eigenvalue weighted by Gasteiger charge is 2.24. The van der Waals surface area contributed by atoms with E-state index in [1.807, 2.05) is 24.7 Å². The number of rotatable bonds is 1. The maximum absolute atomic E-state index is 4.71. The van der Waals surface area contributed by atoms with E-state index in [1.165, 1.54) is 60.5 Å². The number of para-hydroxylation sites is 2. The number of nitrogens with zero attached hydrogens (tertiary/aromatic N) is 4. The number of imidazole rings is 1. The summed E-state index contributed by atoms with van der Waals surface area (Å²) in [6, 6.07) is 33.2. The van der Waals surface area contributed by atoms with Crippen LogP contribution in [0.5, 0.6) is 0 Å². The molecule has 0 fully saturated rings. The van der Waals surface area contributed by atoms with E-state index < -0.39 is 0 Å². The Kier molecular flexibility index (Phi) is 3.55. The van der Waals surface area contributed by atoms with Crippen molar-refractivity contribution in [2.75, 3.05) is 0 Å². The maximum Gasteiger partial charge on any atom is 0.146 e. The molecule has 0 amide bonds. The number of hydrogen-bond acceptors (Lipinski definition) is 2. The maximum atomic E-state index is 4.71. The van der Waals surface area contributed by atoms with Crippen molar-refractivity contribution in [2.24, 2.45) is 0 Å². The van der Waals surface area contributed by atoms with E-state index in [-0.39, 0.29) is 0 Å². The highest BCUT2D eigenvalue weighted by molar-refractivity contribution is 6.14. The van der Waals surface area contributed by atoms with E-state index in [0.29, 0.717) is 0 Å². The van der Waals surface area contributed by atoms with Gasteiger partial charge in [-0.1, -0.05) is 36.4 Å². The Balaban J connectivity index is 1.39. The van der Waals surface area contributed by atoms with Gasteiger partial charge in [-0.25, -0.2) is 9.97 Å². The number of fused-ring (bicyclic) bond motifs is 12. The fraction of sp³-hybridized carbons (Fsp3) is 0.0303. The first-order valence-electron chi connectivity index (χ1n) is 12.6. The molecule has 0 unspecified atom stereocenters. The van der Waals surface area contributed by atoms with Crippen LogP contribution in [0.2, 0.25) is 0 Å². The summed E-state index contributed by atoms with van der Waals surface area (Å²) in [6.07, 6.45) is 6.66. The van der Waals surface area contributed by atoms with Crippen LogP contribution in [0.3, 0.4) is 0 Å². The summed E-state index contributed by atoms with van der Waals surface area (Å²) in [5, 5.41) is 6.14. The average Bonchev–Trinajstić information content (AvgIpc) is 3.66. The molecule has 0 bridgehead atoms. The third-order valence-corrected chi connectivity index (χ3v) is 8.01. The zero-order chi connectivity index (χ0) is 24.1. The average molecular weight is 473 g/mol. The Labute approximate surface area is 212 Å². The SMILES string of the molecule is c1ccc(-n2c3ccccc3c3cc4c(cc32)-c2cc3c5cccnc5n5ccnc5c3cc2C4)cc1. The van der Waals surface area contributed by atoms with Gasteiger partial charge in [0.05, 0.1) is 11.0 Å². The first-order chi connectivity index (χ1) is 18.3. The predicted molar refractivity (Wildman–Crippen MR) is 151 cm³/mol. The molecule has 1 aliphatic rings. The Morgan fingerprint density at radius 1 is 0.541 bits per heavy atom. The summed E-state index contributed by atoms with van der Waals surface area (Å²) in [6.45, 7) is 0. The smallest absolute Gasteiger partial charge is 0.146 e. The lowest BCUT2D eigenvalue weighted by atomic mass is 9.98. The summed E-state index contributed by atoms with van der Waals surface area (Å²) < 4.78 is 4.51. The lowest BCUT2D eigenvalue weighted by molar-refractivity contribution is 1.18. The molecule has 37 heavy (non-hydrogen) atoms. The topological polar surface area (TPSA) is 35.1 Å². The number of pyridine rings is 2. The standard InChI is InChI=1S/C33H20N4/c1-2-7-22(8-3-1)37-30-11-5-4-9-23(30)28-16-20-15-21-17-29-27(18-25(21)26(20)19-31(28)37)24-10-6-12-34-32(24)36-14-13-35-33(29)36/h1-14,16-19H,15H2. The second kappa shape index (κ2) is 6.83. The lowest BCUT2D eigenvalue weighted by Crippen LogP contribution is -1.94. The van der Waals surface area contributed by atoms with E-state index in [9.17, 15) is 0 Å². The minimum Gasteiger partial charge on any atom is -0.309 e. The Bertz CT molecular complexity index is 2220. The Morgan fingerprint density at radius 3 is 2.19 bits per heavy atom. The van der Waals surface area contributed by atoms with Crippen LogP contribution in [0.4, 0.5) is 0 Å². The normalized spacial score (nSPS) is 12.8. The van der Waals surface area contributed by atoms with Gasteiger partial charge >= 0.3 is 0 Å². The molecule has 4 aromatic heterocycles. The minimum atomic E-state index is 0.930. The first kappa shape index (κ1) is 19.3. The molecule has 0 saturated carbocycles. The summed E-state index contributed by atoms with van der Waals surface area (Å²) >= 11 is 0. The van der Waals surface area contributed by atoms with Gasteiger partial charge in [0.2, 0.25) is 0 Å². The van der Waals surface area contributed by atoms with Gasteiger partial charge in [-0.15, -0.1) is 0 Å². The molecule has 172 valence electrons. The van der Waals surface area contributed by atoms with Gasteiger partial charge in [0.25, 0.3) is 0 Å². The number of hydrogen-bond donors (Lipinski definition) is 0. The molecule has 0 N–H and O–H groups in total. The molecule has 0 saturated heterocycles. The highest BCUT2D eigenvalue weighted by Crippen LogP contribution is 2.44. The zero-order valence-electron chi connectivity index (χ0n) is 19.9. The van der Waals surface area contributed by atoms with Crippen molar-refractivity contribution >= 4 is 49.3 Å².